The second-order valence-electron chi connectivity index (χ2n) is 13.2. The smallest absolute Gasteiger partial charge is 0.317 e. The van der Waals surface area contributed by atoms with Crippen LogP contribution in [0.1, 0.15) is 88.1 Å². The van der Waals surface area contributed by atoms with Crippen LogP contribution in [0.4, 0.5) is 4.79 Å². The van der Waals surface area contributed by atoms with Crippen molar-refractivity contribution in [1.82, 2.24) is 15.1 Å². The van der Waals surface area contributed by atoms with Crippen LogP contribution >= 0.6 is 11.8 Å². The first-order chi connectivity index (χ1) is 16.6. The number of thioether (sulfide) groups is 1. The average molecular weight is 496 g/mol. The molecule has 5 nitrogen and oxygen atoms in total. The number of likely N-dealkylation sites (tertiary alicyclic amines) is 1. The molecule has 6 fully saturated rings. The highest BCUT2D eigenvalue weighted by atomic mass is 32.2. The number of nitrogens with zero attached hydrogens (tertiary/aromatic N) is 2. The number of hydrogen-bond donors (Lipinski definition) is 1. The topological polar surface area (TPSA) is 52.7 Å². The van der Waals surface area contributed by atoms with Gasteiger partial charge in [0.05, 0.1) is 4.87 Å². The summed E-state index contributed by atoms with van der Waals surface area (Å²) in [6, 6.07) is 8.32. The van der Waals surface area contributed by atoms with Gasteiger partial charge in [-0.15, -0.1) is 11.8 Å². The summed E-state index contributed by atoms with van der Waals surface area (Å²) in [6.45, 7) is 8.86. The third-order valence-electron chi connectivity index (χ3n) is 9.66. The minimum Gasteiger partial charge on any atom is -0.333 e. The summed E-state index contributed by atoms with van der Waals surface area (Å²) in [5, 5.41) is 3.55. The Balaban J connectivity index is 1.10. The van der Waals surface area contributed by atoms with Crippen LogP contribution in [-0.2, 0) is 5.41 Å². The Hall–Kier alpha value is -1.69. The number of benzene rings is 1. The molecule has 2 heterocycles. The molecule has 4 saturated carbocycles. The Morgan fingerprint density at radius 3 is 2.03 bits per heavy atom. The normalized spacial score (nSPS) is 33.4. The number of hydrogen-bond acceptors (Lipinski definition) is 3. The van der Waals surface area contributed by atoms with Crippen LogP contribution in [-0.4, -0.2) is 57.5 Å². The van der Waals surface area contributed by atoms with Crippen molar-refractivity contribution in [2.45, 2.75) is 88.0 Å². The van der Waals surface area contributed by atoms with Crippen molar-refractivity contribution in [2.75, 3.05) is 25.4 Å². The van der Waals surface area contributed by atoms with E-state index in [-0.39, 0.29) is 27.8 Å². The predicted molar refractivity (Wildman–Crippen MR) is 142 cm³/mol. The maximum Gasteiger partial charge on any atom is 0.317 e. The zero-order chi connectivity index (χ0) is 24.4. The monoisotopic (exact) mass is 495 g/mol. The Kier molecular flexibility index (Phi) is 5.70. The molecule has 1 N–H and O–H groups in total. The van der Waals surface area contributed by atoms with Crippen LogP contribution in [0, 0.1) is 17.8 Å². The number of carbonyl (C=O) groups excluding carboxylic acids is 2. The summed E-state index contributed by atoms with van der Waals surface area (Å²) in [7, 11) is 0. The van der Waals surface area contributed by atoms with E-state index in [0.29, 0.717) is 0 Å². The van der Waals surface area contributed by atoms with Crippen molar-refractivity contribution >= 4 is 23.7 Å². The van der Waals surface area contributed by atoms with Gasteiger partial charge in [0.25, 0.3) is 5.91 Å². The number of urea groups is 1. The second-order valence-corrected chi connectivity index (χ2v) is 14.7. The number of amides is 3. The molecule has 1 aromatic carbocycles. The van der Waals surface area contributed by atoms with Gasteiger partial charge in [-0.2, -0.15) is 0 Å². The molecule has 2 aliphatic heterocycles. The predicted octanol–water partition coefficient (Wildman–Crippen LogP) is 5.64. The third kappa shape index (κ3) is 4.28. The molecule has 7 rings (SSSR count). The fraction of sp³-hybridized carbons (Fsp3) is 0.724. The lowest BCUT2D eigenvalue weighted by atomic mass is 9.53. The second kappa shape index (κ2) is 8.43. The van der Waals surface area contributed by atoms with Crippen molar-refractivity contribution < 1.29 is 9.59 Å². The van der Waals surface area contributed by atoms with Crippen molar-refractivity contribution in [3.05, 3.63) is 35.4 Å². The summed E-state index contributed by atoms with van der Waals surface area (Å²) in [4.78, 5) is 30.9. The molecule has 4 aliphatic carbocycles. The largest absolute Gasteiger partial charge is 0.333 e. The van der Waals surface area contributed by atoms with E-state index in [0.717, 1.165) is 61.5 Å². The fourth-order valence-electron chi connectivity index (χ4n) is 8.21. The first kappa shape index (κ1) is 23.7. The first-order valence-corrected chi connectivity index (χ1v) is 14.8. The van der Waals surface area contributed by atoms with Crippen molar-refractivity contribution in [1.29, 1.82) is 0 Å². The highest BCUT2D eigenvalue weighted by molar-refractivity contribution is 8.00. The van der Waals surface area contributed by atoms with Gasteiger partial charge in [-0.3, -0.25) is 4.79 Å². The summed E-state index contributed by atoms with van der Waals surface area (Å²) in [5.74, 6) is 3.61. The van der Waals surface area contributed by atoms with E-state index in [4.69, 9.17) is 0 Å². The highest BCUT2D eigenvalue weighted by Gasteiger charge is 2.52. The van der Waals surface area contributed by atoms with E-state index in [1.165, 1.54) is 44.1 Å². The molecule has 6 heteroatoms. The zero-order valence-electron chi connectivity index (χ0n) is 21.6. The number of rotatable bonds is 2. The zero-order valence-corrected chi connectivity index (χ0v) is 22.5. The van der Waals surface area contributed by atoms with Gasteiger partial charge in [0.15, 0.2) is 0 Å². The lowest BCUT2D eigenvalue weighted by Gasteiger charge is -2.57. The first-order valence-electron chi connectivity index (χ1n) is 13.8. The SMILES string of the molecule is CC(C)(C)c1ccc(C(=O)N2CCSC23CCN(C(=O)NC24CC5CC(CC(C5)C2)C4)CC3)cc1. The van der Waals surface area contributed by atoms with Gasteiger partial charge in [-0.05, 0) is 92.2 Å². The van der Waals surface area contributed by atoms with E-state index in [1.54, 1.807) is 0 Å². The summed E-state index contributed by atoms with van der Waals surface area (Å²) < 4.78 is 0. The summed E-state index contributed by atoms with van der Waals surface area (Å²) >= 11 is 1.92. The van der Waals surface area contributed by atoms with Crippen LogP contribution in [0.15, 0.2) is 24.3 Å². The maximum absolute atomic E-state index is 13.5. The van der Waals surface area contributed by atoms with Crippen molar-refractivity contribution in [3.63, 3.8) is 0 Å². The van der Waals surface area contributed by atoms with Gasteiger partial charge >= 0.3 is 6.03 Å². The standard InChI is InChI=1S/C29H41N3O2S/c1-27(2,3)24-6-4-23(5-7-24)25(33)32-12-13-35-29(32)8-10-31(11-9-29)26(34)30-28-17-20-14-21(18-28)16-22(15-20)19-28/h4-7,20-22H,8-19H2,1-3H3,(H,30,34). The number of nitrogens with one attached hydrogen (secondary N) is 1. The van der Waals surface area contributed by atoms with Crippen molar-refractivity contribution in [3.8, 4) is 0 Å². The Morgan fingerprint density at radius 1 is 0.914 bits per heavy atom. The Morgan fingerprint density at radius 2 is 1.49 bits per heavy atom. The average Bonchev–Trinajstić information content (AvgIpc) is 3.20. The lowest BCUT2D eigenvalue weighted by Crippen LogP contribution is -2.63. The van der Waals surface area contributed by atoms with E-state index in [9.17, 15) is 9.59 Å². The van der Waals surface area contributed by atoms with Gasteiger partial charge in [0.1, 0.15) is 0 Å². The van der Waals surface area contributed by atoms with Gasteiger partial charge < -0.3 is 15.1 Å². The molecule has 190 valence electrons. The molecular weight excluding hydrogens is 454 g/mol. The molecule has 0 radical (unpaired) electrons. The molecular formula is C29H41N3O2S. The highest BCUT2D eigenvalue weighted by Crippen LogP contribution is 2.55. The van der Waals surface area contributed by atoms with E-state index >= 15 is 0 Å². The molecule has 35 heavy (non-hydrogen) atoms. The molecule has 3 amide bonds. The van der Waals surface area contributed by atoms with E-state index in [2.05, 4.69) is 43.1 Å². The minimum absolute atomic E-state index is 0.0598. The quantitative estimate of drug-likeness (QED) is 0.577. The lowest BCUT2D eigenvalue weighted by molar-refractivity contribution is -0.0164. The fourth-order valence-corrected chi connectivity index (χ4v) is 9.66. The summed E-state index contributed by atoms with van der Waals surface area (Å²) in [5.41, 5.74) is 2.17. The molecule has 0 unspecified atom stereocenters. The van der Waals surface area contributed by atoms with Crippen LogP contribution in [0.2, 0.25) is 0 Å². The molecule has 1 aromatic rings. The molecule has 0 atom stereocenters. The van der Waals surface area contributed by atoms with Crippen LogP contribution in [0.5, 0.6) is 0 Å². The van der Waals surface area contributed by atoms with Gasteiger partial charge in [0, 0.05) is 36.5 Å². The third-order valence-corrected chi connectivity index (χ3v) is 11.2. The number of piperidine rings is 1. The van der Waals surface area contributed by atoms with E-state index in [1.807, 2.05) is 28.8 Å². The van der Waals surface area contributed by atoms with Gasteiger partial charge in [-0.25, -0.2) is 4.79 Å². The minimum atomic E-state index is -0.169. The van der Waals surface area contributed by atoms with Crippen LogP contribution in [0.25, 0.3) is 0 Å². The molecule has 2 saturated heterocycles. The van der Waals surface area contributed by atoms with Gasteiger partial charge in [0.2, 0.25) is 0 Å². The molecule has 4 bridgehead atoms. The van der Waals surface area contributed by atoms with Crippen LogP contribution in [0.3, 0.4) is 0 Å². The Labute approximate surface area is 214 Å². The molecule has 1 spiro atoms. The van der Waals surface area contributed by atoms with Crippen LogP contribution < -0.4 is 5.32 Å². The number of carbonyl (C=O) groups is 2. The maximum atomic E-state index is 13.5. The van der Waals surface area contributed by atoms with Crippen molar-refractivity contribution in [2.24, 2.45) is 17.8 Å². The van der Waals surface area contributed by atoms with E-state index < -0.39 is 0 Å². The van der Waals surface area contributed by atoms with Gasteiger partial charge in [-0.1, -0.05) is 32.9 Å². The summed E-state index contributed by atoms with van der Waals surface area (Å²) in [6.07, 6.45) is 9.46. The molecule has 0 aromatic heterocycles. The Bertz CT molecular complexity index is 955. The molecule has 6 aliphatic rings.